The molecule has 0 aliphatic heterocycles. The van der Waals surface area contributed by atoms with Gasteiger partial charge in [0.15, 0.2) is 0 Å². The van der Waals surface area contributed by atoms with Gasteiger partial charge in [-0.3, -0.25) is 0 Å². The molecule has 0 atom stereocenters. The Morgan fingerprint density at radius 1 is 1.19 bits per heavy atom. The van der Waals surface area contributed by atoms with E-state index in [0.29, 0.717) is 6.04 Å². The average Bonchev–Trinajstić information content (AvgIpc) is 3.03. The number of nitrogens with one attached hydrogen (secondary N) is 2. The molecule has 2 aromatic rings. The van der Waals surface area contributed by atoms with Gasteiger partial charge in [0.1, 0.15) is 0 Å². The molecule has 5 heteroatoms. The second-order valence-corrected chi connectivity index (χ2v) is 5.42. The topological polar surface area (TPSA) is 59.0 Å². The summed E-state index contributed by atoms with van der Waals surface area (Å²) in [7, 11) is 0. The molecule has 0 bridgehead atoms. The van der Waals surface area contributed by atoms with E-state index in [0.717, 1.165) is 24.2 Å². The fraction of sp³-hybridized carbons (Fsp3) is 0.375. The van der Waals surface area contributed by atoms with Crippen molar-refractivity contribution in [1.29, 1.82) is 0 Å². The Kier molecular flexibility index (Phi) is 4.19. The predicted molar refractivity (Wildman–Crippen MR) is 82.6 cm³/mol. The fourth-order valence-corrected chi connectivity index (χ4v) is 2.80. The molecule has 0 saturated heterocycles. The lowest BCUT2D eigenvalue weighted by atomic mass is 9.96. The van der Waals surface area contributed by atoms with E-state index in [2.05, 4.69) is 15.6 Å². The van der Waals surface area contributed by atoms with Gasteiger partial charge in [0, 0.05) is 18.4 Å². The van der Waals surface area contributed by atoms with Gasteiger partial charge in [-0.1, -0.05) is 31.4 Å². The van der Waals surface area contributed by atoms with Crippen LogP contribution < -0.4 is 10.6 Å². The number of carbonyl (C=O) groups is 1. The van der Waals surface area contributed by atoms with Gasteiger partial charge in [-0.15, -0.1) is 0 Å². The van der Waals surface area contributed by atoms with Gasteiger partial charge < -0.3 is 15.2 Å². The van der Waals surface area contributed by atoms with E-state index in [-0.39, 0.29) is 6.03 Å². The monoisotopic (exact) mass is 284 g/mol. The molecule has 1 aliphatic carbocycles. The molecule has 0 radical (unpaired) electrons. The number of amides is 2. The van der Waals surface area contributed by atoms with Crippen LogP contribution in [0.2, 0.25) is 0 Å². The Bertz CT molecular complexity index is 588. The summed E-state index contributed by atoms with van der Waals surface area (Å²) >= 11 is 0. The molecule has 1 saturated carbocycles. The molecule has 5 nitrogen and oxygen atoms in total. The zero-order valence-electron chi connectivity index (χ0n) is 12.0. The first-order valence-electron chi connectivity index (χ1n) is 7.48. The minimum atomic E-state index is -0.130. The Balaban J connectivity index is 1.68. The number of anilines is 1. The molecule has 3 rings (SSSR count). The lowest BCUT2D eigenvalue weighted by Gasteiger charge is -2.23. The number of para-hydroxylation sites is 2. The highest BCUT2D eigenvalue weighted by Gasteiger charge is 2.16. The van der Waals surface area contributed by atoms with Crippen LogP contribution >= 0.6 is 0 Å². The first-order valence-corrected chi connectivity index (χ1v) is 7.48. The smallest absolute Gasteiger partial charge is 0.319 e. The highest BCUT2D eigenvalue weighted by molar-refractivity contribution is 5.91. The van der Waals surface area contributed by atoms with Crippen LogP contribution in [0.25, 0.3) is 5.69 Å². The highest BCUT2D eigenvalue weighted by atomic mass is 16.2. The van der Waals surface area contributed by atoms with Crippen molar-refractivity contribution in [2.24, 2.45) is 0 Å². The lowest BCUT2D eigenvalue weighted by molar-refractivity contribution is 0.244. The maximum absolute atomic E-state index is 12.2. The number of carbonyl (C=O) groups excluding carboxylic acids is 1. The molecule has 110 valence electrons. The fourth-order valence-electron chi connectivity index (χ4n) is 2.80. The largest absolute Gasteiger partial charge is 0.335 e. The van der Waals surface area contributed by atoms with E-state index in [4.69, 9.17) is 0 Å². The molecule has 0 unspecified atom stereocenters. The minimum absolute atomic E-state index is 0.130. The van der Waals surface area contributed by atoms with Crippen LogP contribution in [0.4, 0.5) is 10.5 Å². The first-order chi connectivity index (χ1) is 10.3. The third-order valence-electron chi connectivity index (χ3n) is 3.88. The number of hydrogen-bond donors (Lipinski definition) is 2. The third-order valence-corrected chi connectivity index (χ3v) is 3.88. The number of benzene rings is 1. The maximum Gasteiger partial charge on any atom is 0.319 e. The average molecular weight is 284 g/mol. The van der Waals surface area contributed by atoms with Crippen LogP contribution in [0.15, 0.2) is 43.0 Å². The van der Waals surface area contributed by atoms with E-state index < -0.39 is 0 Å². The molecule has 1 heterocycles. The summed E-state index contributed by atoms with van der Waals surface area (Å²) in [6.45, 7) is 0. The third kappa shape index (κ3) is 3.42. The van der Waals surface area contributed by atoms with Crippen LogP contribution in [0.3, 0.4) is 0 Å². The van der Waals surface area contributed by atoms with Crippen molar-refractivity contribution in [2.45, 2.75) is 38.1 Å². The second kappa shape index (κ2) is 6.43. The van der Waals surface area contributed by atoms with Gasteiger partial charge in [0.05, 0.1) is 17.7 Å². The van der Waals surface area contributed by atoms with Crippen LogP contribution in [0.1, 0.15) is 32.1 Å². The summed E-state index contributed by atoms with van der Waals surface area (Å²) in [5.41, 5.74) is 1.69. The van der Waals surface area contributed by atoms with Crippen molar-refractivity contribution in [2.75, 3.05) is 5.32 Å². The number of rotatable bonds is 3. The SMILES string of the molecule is O=C(Nc1ccccc1-n1ccnc1)NC1CCCCC1. The molecular formula is C16H20N4O. The van der Waals surface area contributed by atoms with E-state index >= 15 is 0 Å². The Morgan fingerprint density at radius 3 is 2.76 bits per heavy atom. The molecule has 1 fully saturated rings. The van der Waals surface area contributed by atoms with Crippen molar-refractivity contribution in [1.82, 2.24) is 14.9 Å². The molecule has 21 heavy (non-hydrogen) atoms. The number of urea groups is 1. The molecular weight excluding hydrogens is 264 g/mol. The number of aromatic nitrogens is 2. The summed E-state index contributed by atoms with van der Waals surface area (Å²) in [6.07, 6.45) is 11.2. The molecule has 0 spiro atoms. The Morgan fingerprint density at radius 2 is 2.00 bits per heavy atom. The summed E-state index contributed by atoms with van der Waals surface area (Å²) in [5.74, 6) is 0. The number of hydrogen-bond acceptors (Lipinski definition) is 2. The maximum atomic E-state index is 12.2. The van der Waals surface area contributed by atoms with Crippen LogP contribution in [0.5, 0.6) is 0 Å². The van der Waals surface area contributed by atoms with Crippen molar-refractivity contribution in [3.05, 3.63) is 43.0 Å². The molecule has 1 aromatic heterocycles. The Labute approximate surface area is 124 Å². The zero-order valence-corrected chi connectivity index (χ0v) is 12.0. The van der Waals surface area contributed by atoms with Crippen molar-refractivity contribution in [3.63, 3.8) is 0 Å². The van der Waals surface area contributed by atoms with Crippen LogP contribution in [0, 0.1) is 0 Å². The highest BCUT2D eigenvalue weighted by Crippen LogP contribution is 2.20. The molecule has 1 aliphatic rings. The van der Waals surface area contributed by atoms with Crippen molar-refractivity contribution in [3.8, 4) is 5.69 Å². The van der Waals surface area contributed by atoms with Gasteiger partial charge >= 0.3 is 6.03 Å². The summed E-state index contributed by atoms with van der Waals surface area (Å²) in [6, 6.07) is 7.89. The lowest BCUT2D eigenvalue weighted by Crippen LogP contribution is -2.39. The van der Waals surface area contributed by atoms with Crippen LogP contribution in [-0.2, 0) is 0 Å². The van der Waals surface area contributed by atoms with Gasteiger partial charge in [0.25, 0.3) is 0 Å². The molecule has 2 N–H and O–H groups in total. The standard InChI is InChI=1S/C16H20N4O/c21-16(18-13-6-2-1-3-7-13)19-14-8-4-5-9-15(14)20-11-10-17-12-20/h4-5,8-13H,1-3,6-7H2,(H2,18,19,21). The Hall–Kier alpha value is -2.30. The molecule has 1 aromatic carbocycles. The second-order valence-electron chi connectivity index (χ2n) is 5.42. The van der Waals surface area contributed by atoms with E-state index in [1.54, 1.807) is 12.5 Å². The summed E-state index contributed by atoms with van der Waals surface area (Å²) in [5, 5.41) is 6.01. The zero-order chi connectivity index (χ0) is 14.5. The van der Waals surface area contributed by atoms with Gasteiger partial charge in [-0.05, 0) is 25.0 Å². The predicted octanol–water partition coefficient (Wildman–Crippen LogP) is 3.33. The van der Waals surface area contributed by atoms with E-state index in [9.17, 15) is 4.79 Å². The van der Waals surface area contributed by atoms with Crippen molar-refractivity contribution < 1.29 is 4.79 Å². The van der Waals surface area contributed by atoms with Gasteiger partial charge in [0.2, 0.25) is 0 Å². The quantitative estimate of drug-likeness (QED) is 0.908. The van der Waals surface area contributed by atoms with E-state index in [1.165, 1.54) is 19.3 Å². The van der Waals surface area contributed by atoms with Crippen LogP contribution in [-0.4, -0.2) is 21.6 Å². The number of imidazole rings is 1. The van der Waals surface area contributed by atoms with E-state index in [1.807, 2.05) is 35.0 Å². The van der Waals surface area contributed by atoms with Crippen molar-refractivity contribution >= 4 is 11.7 Å². The summed E-state index contributed by atoms with van der Waals surface area (Å²) in [4.78, 5) is 16.2. The number of nitrogens with zero attached hydrogens (tertiary/aromatic N) is 2. The normalized spacial score (nSPS) is 15.6. The minimum Gasteiger partial charge on any atom is -0.335 e. The van der Waals surface area contributed by atoms with Gasteiger partial charge in [-0.25, -0.2) is 9.78 Å². The molecule has 2 amide bonds. The van der Waals surface area contributed by atoms with Gasteiger partial charge in [-0.2, -0.15) is 0 Å². The first kappa shape index (κ1) is 13.7. The summed E-state index contributed by atoms with van der Waals surface area (Å²) < 4.78 is 1.89.